The molecule has 38 heavy (non-hydrogen) atoms. The van der Waals surface area contributed by atoms with E-state index in [4.69, 9.17) is 9.47 Å². The fraction of sp³-hybridized carbons (Fsp3) is 0.647. The van der Waals surface area contributed by atoms with Gasteiger partial charge in [0, 0.05) is 20.9 Å². The molecular weight excluding hydrogens is 505 g/mol. The van der Waals surface area contributed by atoms with Crippen molar-refractivity contribution in [2.24, 2.45) is 0 Å². The van der Waals surface area contributed by atoms with Crippen molar-refractivity contribution in [2.75, 3.05) is 13.2 Å². The van der Waals surface area contributed by atoms with Crippen LogP contribution in [0.15, 0.2) is 34.1 Å². The number of ether oxygens (including phenoxy) is 2. The third-order valence-corrected chi connectivity index (χ3v) is 10.0. The first kappa shape index (κ1) is 31.3. The monoisotopic (exact) mass is 556 g/mol. The van der Waals surface area contributed by atoms with Crippen LogP contribution in [0, 0.1) is 13.8 Å². The molecule has 0 atom stereocenters. The smallest absolute Gasteiger partial charge is 0.122 e. The van der Waals surface area contributed by atoms with Crippen LogP contribution in [0.25, 0.3) is 11.1 Å². The summed E-state index contributed by atoms with van der Waals surface area (Å²) in [5.74, 6) is 2.07. The van der Waals surface area contributed by atoms with Crippen molar-refractivity contribution in [3.05, 3.63) is 35.4 Å². The van der Waals surface area contributed by atoms with E-state index in [1.165, 1.54) is 122 Å². The first-order valence-corrected chi connectivity index (χ1v) is 17.7. The summed E-state index contributed by atoms with van der Waals surface area (Å²) >= 11 is 0. The van der Waals surface area contributed by atoms with Gasteiger partial charge in [-0.3, -0.25) is 0 Å². The highest BCUT2D eigenvalue weighted by Crippen LogP contribution is 2.53. The molecule has 0 radical (unpaired) electrons. The van der Waals surface area contributed by atoms with E-state index in [1.807, 2.05) is 21.6 Å². The van der Waals surface area contributed by atoms with Gasteiger partial charge < -0.3 is 9.47 Å². The lowest BCUT2D eigenvalue weighted by Gasteiger charge is -2.22. The van der Waals surface area contributed by atoms with Crippen LogP contribution in [0.3, 0.4) is 0 Å². The van der Waals surface area contributed by atoms with Gasteiger partial charge >= 0.3 is 0 Å². The highest BCUT2D eigenvalue weighted by Gasteiger charge is 2.21. The summed E-state index contributed by atoms with van der Waals surface area (Å²) < 4.78 is 12.6. The van der Waals surface area contributed by atoms with Gasteiger partial charge in [0.15, 0.2) is 0 Å². The van der Waals surface area contributed by atoms with Gasteiger partial charge in [-0.2, -0.15) is 0 Å². The fourth-order valence-electron chi connectivity index (χ4n) is 5.12. The van der Waals surface area contributed by atoms with Crippen LogP contribution in [-0.2, 0) is 0 Å². The molecular formula is C34H52O2S2. The van der Waals surface area contributed by atoms with Crippen molar-refractivity contribution in [2.45, 2.75) is 140 Å². The normalized spacial score (nSPS) is 12.3. The average molecular weight is 557 g/mol. The molecule has 0 bridgehead atoms. The predicted molar refractivity (Wildman–Crippen MR) is 169 cm³/mol. The van der Waals surface area contributed by atoms with Crippen molar-refractivity contribution >= 4 is 21.6 Å². The fourth-order valence-corrected chi connectivity index (χ4v) is 7.63. The molecule has 2 aromatic rings. The van der Waals surface area contributed by atoms with Crippen LogP contribution >= 0.6 is 21.6 Å². The summed E-state index contributed by atoms with van der Waals surface area (Å²) in [5, 5.41) is 0. The van der Waals surface area contributed by atoms with E-state index in [0.717, 1.165) is 37.6 Å². The zero-order chi connectivity index (χ0) is 27.0. The molecule has 0 aliphatic carbocycles. The van der Waals surface area contributed by atoms with Crippen molar-refractivity contribution in [1.29, 1.82) is 0 Å². The molecule has 3 rings (SSSR count). The number of fused-ring (bicyclic) bond motifs is 3. The summed E-state index contributed by atoms with van der Waals surface area (Å²) in [5.41, 5.74) is 5.05. The Morgan fingerprint density at radius 1 is 0.474 bits per heavy atom. The molecule has 0 aromatic heterocycles. The van der Waals surface area contributed by atoms with E-state index in [-0.39, 0.29) is 0 Å². The van der Waals surface area contributed by atoms with Gasteiger partial charge in [0.1, 0.15) is 11.5 Å². The highest BCUT2D eigenvalue weighted by atomic mass is 33.1. The maximum absolute atomic E-state index is 6.30. The Hall–Kier alpha value is -1.26. The minimum absolute atomic E-state index is 0.810. The Labute approximate surface area is 241 Å². The Morgan fingerprint density at radius 2 is 0.816 bits per heavy atom. The van der Waals surface area contributed by atoms with Crippen LogP contribution < -0.4 is 9.47 Å². The molecule has 1 heterocycles. The van der Waals surface area contributed by atoms with Crippen molar-refractivity contribution in [1.82, 2.24) is 0 Å². The van der Waals surface area contributed by atoms with E-state index in [0.29, 0.717) is 0 Å². The van der Waals surface area contributed by atoms with Gasteiger partial charge in [0.2, 0.25) is 0 Å². The van der Waals surface area contributed by atoms with Crippen LogP contribution in [0.2, 0.25) is 0 Å². The summed E-state index contributed by atoms with van der Waals surface area (Å²) in [6.45, 7) is 10.5. The summed E-state index contributed by atoms with van der Waals surface area (Å²) in [6.07, 6.45) is 21.2. The number of hydrogen-bond acceptors (Lipinski definition) is 4. The Bertz CT molecular complexity index is 878. The van der Waals surface area contributed by atoms with Crippen LogP contribution in [0.5, 0.6) is 11.5 Å². The van der Waals surface area contributed by atoms with Crippen LogP contribution in [0.4, 0.5) is 0 Å². The summed E-state index contributed by atoms with van der Waals surface area (Å²) in [7, 11) is 3.73. The van der Waals surface area contributed by atoms with E-state index in [1.54, 1.807) is 0 Å². The molecule has 1 aliphatic rings. The van der Waals surface area contributed by atoms with E-state index in [9.17, 15) is 0 Å². The second-order valence-corrected chi connectivity index (χ2v) is 13.3. The Morgan fingerprint density at radius 3 is 1.18 bits per heavy atom. The van der Waals surface area contributed by atoms with E-state index >= 15 is 0 Å². The molecule has 0 fully saturated rings. The van der Waals surface area contributed by atoms with Gasteiger partial charge in [-0.05, 0) is 62.1 Å². The maximum Gasteiger partial charge on any atom is 0.122 e. The second-order valence-electron chi connectivity index (χ2n) is 11.0. The Balaban J connectivity index is 1.51. The van der Waals surface area contributed by atoms with Crippen molar-refractivity contribution in [3.8, 4) is 22.6 Å². The third kappa shape index (κ3) is 10.4. The molecule has 212 valence electrons. The molecule has 2 nitrogen and oxygen atoms in total. The first-order valence-electron chi connectivity index (χ1n) is 15.5. The second kappa shape index (κ2) is 18.2. The van der Waals surface area contributed by atoms with Crippen LogP contribution in [0.1, 0.15) is 128 Å². The lowest BCUT2D eigenvalue weighted by Crippen LogP contribution is -2.02. The third-order valence-electron chi connectivity index (χ3n) is 7.58. The highest BCUT2D eigenvalue weighted by molar-refractivity contribution is 8.76. The summed E-state index contributed by atoms with van der Waals surface area (Å²) in [4.78, 5) is 2.66. The van der Waals surface area contributed by atoms with Crippen molar-refractivity contribution in [3.63, 3.8) is 0 Å². The van der Waals surface area contributed by atoms with Gasteiger partial charge in [0.25, 0.3) is 0 Å². The van der Waals surface area contributed by atoms with Gasteiger partial charge in [-0.25, -0.2) is 0 Å². The van der Waals surface area contributed by atoms with Gasteiger partial charge in [-0.15, -0.1) is 0 Å². The number of rotatable bonds is 20. The van der Waals surface area contributed by atoms with Gasteiger partial charge in [-0.1, -0.05) is 125 Å². The molecule has 4 heteroatoms. The lowest BCUT2D eigenvalue weighted by molar-refractivity contribution is 0.301. The Kier molecular flexibility index (Phi) is 14.9. The van der Waals surface area contributed by atoms with Gasteiger partial charge in [0.05, 0.1) is 13.2 Å². The molecule has 2 aromatic carbocycles. The van der Waals surface area contributed by atoms with E-state index < -0.39 is 0 Å². The molecule has 0 spiro atoms. The zero-order valence-corrected chi connectivity index (χ0v) is 26.3. The quantitative estimate of drug-likeness (QED) is 0.119. The summed E-state index contributed by atoms with van der Waals surface area (Å²) in [6, 6.07) is 9.16. The predicted octanol–water partition coefficient (Wildman–Crippen LogP) is 12.1. The van der Waals surface area contributed by atoms with E-state index in [2.05, 4.69) is 52.0 Å². The number of aryl methyl sites for hydroxylation is 2. The zero-order valence-electron chi connectivity index (χ0n) is 24.7. The first-order chi connectivity index (χ1) is 18.6. The number of benzene rings is 2. The lowest BCUT2D eigenvalue weighted by atomic mass is 10.0. The SMILES string of the molecule is CCCCCCCCCCOc1cc2c(cc1C)SSc1cc(C)c(OCCCCCCCCCC)cc1-2. The number of hydrogen-bond donors (Lipinski definition) is 0. The molecule has 0 amide bonds. The topological polar surface area (TPSA) is 18.5 Å². The molecule has 1 aliphatic heterocycles. The standard InChI is InChI=1S/C34H52O2S2/c1-5-7-9-11-13-15-17-19-21-35-31-25-29-30-26-32(36-22-20-18-16-14-12-10-8-6-2)28(4)24-34(30)38-37-33(29)23-27(31)3/h23-26H,5-22H2,1-4H3. The molecule has 0 saturated carbocycles. The minimum atomic E-state index is 0.810. The number of unbranched alkanes of at least 4 members (excludes halogenated alkanes) is 14. The minimum Gasteiger partial charge on any atom is -0.493 e. The average Bonchev–Trinajstić information content (AvgIpc) is 2.91. The molecule has 0 saturated heterocycles. The van der Waals surface area contributed by atoms with Crippen molar-refractivity contribution < 1.29 is 9.47 Å². The molecule has 0 N–H and O–H groups in total. The van der Waals surface area contributed by atoms with Crippen LogP contribution in [-0.4, -0.2) is 13.2 Å². The molecule has 0 unspecified atom stereocenters. The largest absolute Gasteiger partial charge is 0.493 e. The maximum atomic E-state index is 6.30.